The number of aryl methyl sites for hydroxylation is 4. The van der Waals surface area contributed by atoms with Crippen LogP contribution < -0.4 is 0 Å². The van der Waals surface area contributed by atoms with E-state index in [1.807, 2.05) is 13.8 Å². The summed E-state index contributed by atoms with van der Waals surface area (Å²) in [6.45, 7) is 3.85. The molecule has 104 valence electrons. The Bertz CT molecular complexity index is 637. The first-order valence-electron chi connectivity index (χ1n) is 7.08. The Morgan fingerprint density at radius 1 is 1.00 bits per heavy atom. The van der Waals surface area contributed by atoms with Gasteiger partial charge in [0, 0.05) is 0 Å². The van der Waals surface area contributed by atoms with E-state index in [0.717, 1.165) is 28.7 Å². The van der Waals surface area contributed by atoms with E-state index in [4.69, 9.17) is 11.6 Å². The fourth-order valence-corrected chi connectivity index (χ4v) is 3.72. The molecule has 0 spiro atoms. The maximum Gasteiger partial charge on any atom is 0.123 e. The quantitative estimate of drug-likeness (QED) is 0.661. The van der Waals surface area contributed by atoms with Crippen LogP contribution in [0.1, 0.15) is 45.2 Å². The Kier molecular flexibility index (Phi) is 3.55. The Morgan fingerprint density at radius 2 is 1.65 bits per heavy atom. The smallest absolute Gasteiger partial charge is 0.123 e. The molecule has 3 rings (SSSR count). The van der Waals surface area contributed by atoms with Crippen LogP contribution in [0.25, 0.3) is 0 Å². The summed E-state index contributed by atoms with van der Waals surface area (Å²) >= 11 is 6.67. The highest BCUT2D eigenvalue weighted by Gasteiger charge is 2.19. The SMILES string of the molecule is Cc1cc(F)cc(C)c1C(Cl)c1ccc2c(c1)CCC2. The highest BCUT2D eigenvalue weighted by atomic mass is 35.5. The van der Waals surface area contributed by atoms with Crippen molar-refractivity contribution < 1.29 is 4.39 Å². The van der Waals surface area contributed by atoms with Crippen LogP contribution in [-0.2, 0) is 12.8 Å². The van der Waals surface area contributed by atoms with Gasteiger partial charge in [-0.25, -0.2) is 4.39 Å². The van der Waals surface area contributed by atoms with Gasteiger partial charge in [0.15, 0.2) is 0 Å². The standard InChI is InChI=1S/C18H18ClF/c1-11-8-16(20)9-12(2)17(11)18(19)15-7-6-13-4-3-5-14(13)10-15/h6-10,18H,3-5H2,1-2H3. The summed E-state index contributed by atoms with van der Waals surface area (Å²) in [5.74, 6) is -0.193. The number of benzene rings is 2. The van der Waals surface area contributed by atoms with Crippen LogP contribution in [0.5, 0.6) is 0 Å². The van der Waals surface area contributed by atoms with Gasteiger partial charge in [-0.05, 0) is 78.6 Å². The Hall–Kier alpha value is -1.34. The van der Waals surface area contributed by atoms with Gasteiger partial charge < -0.3 is 0 Å². The maximum atomic E-state index is 13.4. The number of rotatable bonds is 2. The third-order valence-corrected chi connectivity index (χ3v) is 4.70. The molecule has 2 aromatic carbocycles. The van der Waals surface area contributed by atoms with Crippen molar-refractivity contribution >= 4 is 11.6 Å². The van der Waals surface area contributed by atoms with Crippen LogP contribution in [0.15, 0.2) is 30.3 Å². The zero-order valence-electron chi connectivity index (χ0n) is 11.8. The van der Waals surface area contributed by atoms with E-state index < -0.39 is 0 Å². The third kappa shape index (κ3) is 2.35. The van der Waals surface area contributed by atoms with Crippen molar-refractivity contribution in [1.82, 2.24) is 0 Å². The molecule has 1 aliphatic carbocycles. The first kappa shape index (κ1) is 13.6. The lowest BCUT2D eigenvalue weighted by atomic mass is 9.94. The van der Waals surface area contributed by atoms with E-state index in [2.05, 4.69) is 18.2 Å². The molecule has 0 N–H and O–H groups in total. The van der Waals surface area contributed by atoms with Gasteiger partial charge in [-0.2, -0.15) is 0 Å². The summed E-state index contributed by atoms with van der Waals surface area (Å²) in [5, 5.41) is -0.207. The second-order valence-corrected chi connectivity index (χ2v) is 6.13. The topological polar surface area (TPSA) is 0 Å². The summed E-state index contributed by atoms with van der Waals surface area (Å²) in [7, 11) is 0. The lowest BCUT2D eigenvalue weighted by Gasteiger charge is -2.17. The maximum absolute atomic E-state index is 13.4. The lowest BCUT2D eigenvalue weighted by molar-refractivity contribution is 0.624. The van der Waals surface area contributed by atoms with E-state index in [1.54, 1.807) is 12.1 Å². The molecule has 0 saturated heterocycles. The van der Waals surface area contributed by atoms with Crippen LogP contribution in [-0.4, -0.2) is 0 Å². The monoisotopic (exact) mass is 288 g/mol. The first-order chi connectivity index (χ1) is 9.56. The van der Waals surface area contributed by atoms with Gasteiger partial charge in [0.25, 0.3) is 0 Å². The van der Waals surface area contributed by atoms with Crippen molar-refractivity contribution in [3.63, 3.8) is 0 Å². The van der Waals surface area contributed by atoms with Crippen molar-refractivity contribution in [2.45, 2.75) is 38.5 Å². The van der Waals surface area contributed by atoms with Gasteiger partial charge >= 0.3 is 0 Å². The summed E-state index contributed by atoms with van der Waals surface area (Å²) in [6, 6.07) is 9.66. The highest BCUT2D eigenvalue weighted by Crippen LogP contribution is 2.35. The van der Waals surface area contributed by atoms with Gasteiger partial charge in [-0.1, -0.05) is 18.2 Å². The highest BCUT2D eigenvalue weighted by molar-refractivity contribution is 6.22. The lowest BCUT2D eigenvalue weighted by Crippen LogP contribution is -2.01. The number of hydrogen-bond acceptors (Lipinski definition) is 0. The Labute approximate surface area is 124 Å². The van der Waals surface area contributed by atoms with Crippen molar-refractivity contribution in [3.8, 4) is 0 Å². The van der Waals surface area contributed by atoms with E-state index in [9.17, 15) is 4.39 Å². The molecule has 1 unspecified atom stereocenters. The fourth-order valence-electron chi connectivity index (χ4n) is 3.24. The molecular weight excluding hydrogens is 271 g/mol. The second-order valence-electron chi connectivity index (χ2n) is 5.70. The second kappa shape index (κ2) is 5.21. The van der Waals surface area contributed by atoms with E-state index in [0.29, 0.717) is 0 Å². The molecular formula is C18H18ClF. The zero-order valence-corrected chi connectivity index (χ0v) is 12.6. The normalized spacial score (nSPS) is 15.2. The van der Waals surface area contributed by atoms with Gasteiger partial charge in [0.2, 0.25) is 0 Å². The molecule has 0 saturated carbocycles. The molecule has 0 aliphatic heterocycles. The molecule has 2 aromatic rings. The van der Waals surface area contributed by atoms with Crippen LogP contribution in [0.4, 0.5) is 4.39 Å². The average molecular weight is 289 g/mol. The largest absolute Gasteiger partial charge is 0.207 e. The molecule has 0 fully saturated rings. The van der Waals surface area contributed by atoms with Gasteiger partial charge in [0.1, 0.15) is 5.82 Å². The van der Waals surface area contributed by atoms with E-state index in [-0.39, 0.29) is 11.2 Å². The minimum absolute atomic E-state index is 0.193. The van der Waals surface area contributed by atoms with Gasteiger partial charge in [-0.3, -0.25) is 0 Å². The molecule has 0 nitrogen and oxygen atoms in total. The molecule has 0 aromatic heterocycles. The fraction of sp³-hybridized carbons (Fsp3) is 0.333. The minimum atomic E-state index is -0.207. The van der Waals surface area contributed by atoms with E-state index >= 15 is 0 Å². The summed E-state index contributed by atoms with van der Waals surface area (Å²) < 4.78 is 13.4. The number of fused-ring (bicyclic) bond motifs is 1. The molecule has 1 atom stereocenters. The number of alkyl halides is 1. The molecule has 2 heteroatoms. The van der Waals surface area contributed by atoms with Crippen LogP contribution >= 0.6 is 11.6 Å². The van der Waals surface area contributed by atoms with Crippen molar-refractivity contribution in [2.75, 3.05) is 0 Å². The van der Waals surface area contributed by atoms with Gasteiger partial charge in [0.05, 0.1) is 5.38 Å². The number of hydrogen-bond donors (Lipinski definition) is 0. The van der Waals surface area contributed by atoms with Crippen molar-refractivity contribution in [2.24, 2.45) is 0 Å². The van der Waals surface area contributed by atoms with Crippen LogP contribution in [0.3, 0.4) is 0 Å². The predicted molar refractivity (Wildman–Crippen MR) is 82.0 cm³/mol. The summed E-state index contributed by atoms with van der Waals surface area (Å²) in [4.78, 5) is 0. The average Bonchev–Trinajstić information content (AvgIpc) is 2.84. The van der Waals surface area contributed by atoms with Crippen LogP contribution in [0, 0.1) is 19.7 Å². The molecule has 1 aliphatic rings. The Balaban J connectivity index is 2.03. The third-order valence-electron chi connectivity index (χ3n) is 4.23. The van der Waals surface area contributed by atoms with Crippen molar-refractivity contribution in [3.05, 3.63) is 69.5 Å². The van der Waals surface area contributed by atoms with Crippen LogP contribution in [0.2, 0.25) is 0 Å². The molecule has 0 radical (unpaired) electrons. The van der Waals surface area contributed by atoms with Crippen molar-refractivity contribution in [1.29, 1.82) is 0 Å². The Morgan fingerprint density at radius 3 is 2.35 bits per heavy atom. The summed E-state index contributed by atoms with van der Waals surface area (Å²) in [5.41, 5.74) is 6.86. The molecule has 0 heterocycles. The minimum Gasteiger partial charge on any atom is -0.207 e. The predicted octanol–water partition coefficient (Wildman–Crippen LogP) is 5.26. The van der Waals surface area contributed by atoms with E-state index in [1.165, 1.54) is 24.0 Å². The molecule has 20 heavy (non-hydrogen) atoms. The number of halogens is 2. The van der Waals surface area contributed by atoms with Gasteiger partial charge in [-0.15, -0.1) is 11.6 Å². The molecule has 0 bridgehead atoms. The first-order valence-corrected chi connectivity index (χ1v) is 7.52. The zero-order chi connectivity index (χ0) is 14.3. The summed E-state index contributed by atoms with van der Waals surface area (Å²) in [6.07, 6.45) is 3.56. The molecule has 0 amide bonds.